The molecule has 0 aromatic heterocycles. The lowest BCUT2D eigenvalue weighted by molar-refractivity contribution is -0.129. The van der Waals surface area contributed by atoms with Gasteiger partial charge in [0.05, 0.1) is 18.9 Å². The molecule has 3 aromatic carbocycles. The van der Waals surface area contributed by atoms with Crippen molar-refractivity contribution >= 4 is 33.1 Å². The van der Waals surface area contributed by atoms with Crippen LogP contribution in [0.4, 0.5) is 5.69 Å². The molecule has 0 saturated carbocycles. The van der Waals surface area contributed by atoms with Crippen molar-refractivity contribution in [1.29, 1.82) is 0 Å². The Morgan fingerprint density at radius 3 is 2.16 bits per heavy atom. The molecule has 0 N–H and O–H groups in total. The zero-order valence-electron chi connectivity index (χ0n) is 18.4. The topological polar surface area (TPSA) is 32.8 Å². The van der Waals surface area contributed by atoms with Gasteiger partial charge in [-0.2, -0.15) is 0 Å². The van der Waals surface area contributed by atoms with Crippen LogP contribution in [0.25, 0.3) is 16.7 Å². The molecule has 1 saturated heterocycles. The van der Waals surface area contributed by atoms with Gasteiger partial charge in [-0.3, -0.25) is 4.79 Å². The minimum atomic E-state index is 0.0169. The Hall–Kier alpha value is -2.89. The van der Waals surface area contributed by atoms with E-state index in [1.54, 1.807) is 6.08 Å². The number of hydrogen-bond donors (Lipinski definition) is 0. The minimum absolute atomic E-state index is 0.0169. The van der Waals surface area contributed by atoms with Gasteiger partial charge in [0.1, 0.15) is 0 Å². The van der Waals surface area contributed by atoms with Crippen molar-refractivity contribution in [1.82, 2.24) is 4.90 Å². The van der Waals surface area contributed by atoms with Crippen LogP contribution in [0.5, 0.6) is 0 Å². The lowest BCUT2D eigenvalue weighted by Gasteiger charge is -2.26. The number of rotatable bonds is 5. The quantitative estimate of drug-likeness (QED) is 0.444. The Bertz CT molecular complexity index is 1100. The van der Waals surface area contributed by atoms with Crippen molar-refractivity contribution in [2.45, 2.75) is 0 Å². The molecule has 0 aliphatic carbocycles. The van der Waals surface area contributed by atoms with Crippen molar-refractivity contribution in [2.75, 3.05) is 45.3 Å². The highest BCUT2D eigenvalue weighted by Gasteiger charge is 2.17. The van der Waals surface area contributed by atoms with E-state index in [1.165, 1.54) is 5.56 Å². The SMILES string of the molecule is CN(C)c1ccc(C(=CC(=O)N2CCOCC2)c2ccc(-c3ccccc3)cc2)cc1Br. The van der Waals surface area contributed by atoms with Crippen molar-refractivity contribution in [3.63, 3.8) is 0 Å². The standard InChI is InChI=1S/C27H27BrN2O2/c1-29(2)26-13-12-23(18-25(26)28)24(19-27(31)30-14-16-32-17-15-30)22-10-8-21(9-11-22)20-6-4-3-5-7-20/h3-13,18-19H,14-17H2,1-2H3. The molecule has 4 rings (SSSR count). The highest BCUT2D eigenvalue weighted by atomic mass is 79.9. The first-order chi connectivity index (χ1) is 15.5. The number of halogens is 1. The van der Waals surface area contributed by atoms with Crippen LogP contribution in [-0.4, -0.2) is 51.2 Å². The van der Waals surface area contributed by atoms with E-state index in [2.05, 4.69) is 75.4 Å². The molecule has 5 heteroatoms. The van der Waals surface area contributed by atoms with Crippen LogP contribution in [-0.2, 0) is 9.53 Å². The molecule has 0 spiro atoms. The van der Waals surface area contributed by atoms with Crippen LogP contribution in [0.15, 0.2) is 83.3 Å². The van der Waals surface area contributed by atoms with E-state index in [4.69, 9.17) is 4.74 Å². The summed E-state index contributed by atoms with van der Waals surface area (Å²) in [5.74, 6) is 0.0169. The van der Waals surface area contributed by atoms with Gasteiger partial charge in [-0.15, -0.1) is 0 Å². The normalized spacial score (nSPS) is 14.3. The van der Waals surface area contributed by atoms with Crippen molar-refractivity contribution < 1.29 is 9.53 Å². The van der Waals surface area contributed by atoms with Gasteiger partial charge in [-0.05, 0) is 55.9 Å². The summed E-state index contributed by atoms with van der Waals surface area (Å²) < 4.78 is 6.40. The van der Waals surface area contributed by atoms with E-state index in [9.17, 15) is 4.79 Å². The van der Waals surface area contributed by atoms with Crippen LogP contribution >= 0.6 is 15.9 Å². The Morgan fingerprint density at radius 2 is 1.53 bits per heavy atom. The van der Waals surface area contributed by atoms with Gasteiger partial charge in [0.2, 0.25) is 5.91 Å². The van der Waals surface area contributed by atoms with Gasteiger partial charge >= 0.3 is 0 Å². The Labute approximate surface area is 198 Å². The molecule has 164 valence electrons. The number of amides is 1. The molecular weight excluding hydrogens is 464 g/mol. The molecule has 0 bridgehead atoms. The predicted molar refractivity (Wildman–Crippen MR) is 135 cm³/mol. The lowest BCUT2D eigenvalue weighted by atomic mass is 9.95. The number of ether oxygens (including phenoxy) is 1. The maximum atomic E-state index is 13.1. The lowest BCUT2D eigenvalue weighted by Crippen LogP contribution is -2.39. The molecule has 4 nitrogen and oxygen atoms in total. The second-order valence-electron chi connectivity index (χ2n) is 8.00. The largest absolute Gasteiger partial charge is 0.378 e. The predicted octanol–water partition coefficient (Wildman–Crippen LogP) is 5.47. The van der Waals surface area contributed by atoms with Crippen LogP contribution in [0.1, 0.15) is 11.1 Å². The minimum Gasteiger partial charge on any atom is -0.378 e. The Morgan fingerprint density at radius 1 is 0.906 bits per heavy atom. The van der Waals surface area contributed by atoms with E-state index in [0.29, 0.717) is 26.3 Å². The van der Waals surface area contributed by atoms with Crippen LogP contribution in [0.3, 0.4) is 0 Å². The summed E-state index contributed by atoms with van der Waals surface area (Å²) in [5.41, 5.74) is 6.33. The molecule has 0 atom stereocenters. The van der Waals surface area contributed by atoms with Crippen molar-refractivity contribution in [2.24, 2.45) is 0 Å². The molecule has 32 heavy (non-hydrogen) atoms. The summed E-state index contributed by atoms with van der Waals surface area (Å²) in [6.07, 6.45) is 1.76. The third kappa shape index (κ3) is 5.12. The highest BCUT2D eigenvalue weighted by Crippen LogP contribution is 2.32. The fourth-order valence-electron chi connectivity index (χ4n) is 3.84. The highest BCUT2D eigenvalue weighted by molar-refractivity contribution is 9.10. The van der Waals surface area contributed by atoms with Gasteiger partial charge in [-0.1, -0.05) is 60.7 Å². The van der Waals surface area contributed by atoms with Gasteiger partial charge in [-0.25, -0.2) is 0 Å². The molecule has 1 aliphatic heterocycles. The number of nitrogens with zero attached hydrogens (tertiary/aromatic N) is 2. The molecule has 1 heterocycles. The van der Waals surface area contributed by atoms with Crippen molar-refractivity contribution in [3.05, 3.63) is 94.5 Å². The second kappa shape index (κ2) is 10.2. The molecule has 0 radical (unpaired) electrons. The molecule has 1 fully saturated rings. The second-order valence-corrected chi connectivity index (χ2v) is 8.85. The average molecular weight is 491 g/mol. The van der Waals surface area contributed by atoms with E-state index < -0.39 is 0 Å². The summed E-state index contributed by atoms with van der Waals surface area (Å²) in [4.78, 5) is 17.0. The summed E-state index contributed by atoms with van der Waals surface area (Å²) in [6.45, 7) is 2.42. The molecule has 1 amide bonds. The van der Waals surface area contributed by atoms with E-state index >= 15 is 0 Å². The maximum Gasteiger partial charge on any atom is 0.247 e. The van der Waals surface area contributed by atoms with Crippen LogP contribution in [0, 0.1) is 0 Å². The first-order valence-corrected chi connectivity index (χ1v) is 11.5. The Balaban J connectivity index is 1.73. The average Bonchev–Trinajstić information content (AvgIpc) is 2.83. The van der Waals surface area contributed by atoms with E-state index in [1.807, 2.05) is 37.2 Å². The Kier molecular flexibility index (Phi) is 7.08. The van der Waals surface area contributed by atoms with Crippen LogP contribution in [0.2, 0.25) is 0 Å². The van der Waals surface area contributed by atoms with Gasteiger partial charge in [0, 0.05) is 37.7 Å². The van der Waals surface area contributed by atoms with Gasteiger partial charge in [0.25, 0.3) is 0 Å². The monoisotopic (exact) mass is 490 g/mol. The number of anilines is 1. The molecule has 0 unspecified atom stereocenters. The zero-order chi connectivity index (χ0) is 22.5. The number of morpholine rings is 1. The van der Waals surface area contributed by atoms with E-state index in [-0.39, 0.29) is 5.91 Å². The number of carbonyl (C=O) groups is 1. The van der Waals surface area contributed by atoms with Gasteiger partial charge < -0.3 is 14.5 Å². The number of benzene rings is 3. The molecular formula is C27H27BrN2O2. The molecule has 1 aliphatic rings. The number of carbonyl (C=O) groups excluding carboxylic acids is 1. The van der Waals surface area contributed by atoms with E-state index in [0.717, 1.165) is 32.4 Å². The maximum absolute atomic E-state index is 13.1. The number of hydrogen-bond acceptors (Lipinski definition) is 3. The fourth-order valence-corrected chi connectivity index (χ4v) is 4.58. The first-order valence-electron chi connectivity index (χ1n) is 10.7. The smallest absolute Gasteiger partial charge is 0.247 e. The third-order valence-corrected chi connectivity index (χ3v) is 6.27. The van der Waals surface area contributed by atoms with Crippen molar-refractivity contribution in [3.8, 4) is 11.1 Å². The summed E-state index contributed by atoms with van der Waals surface area (Å²) in [7, 11) is 4.03. The summed E-state index contributed by atoms with van der Waals surface area (Å²) in [5, 5.41) is 0. The summed E-state index contributed by atoms with van der Waals surface area (Å²) >= 11 is 3.69. The third-order valence-electron chi connectivity index (χ3n) is 5.63. The van der Waals surface area contributed by atoms with Crippen LogP contribution < -0.4 is 4.90 Å². The van der Waals surface area contributed by atoms with Gasteiger partial charge in [0.15, 0.2) is 0 Å². The zero-order valence-corrected chi connectivity index (χ0v) is 20.0. The summed E-state index contributed by atoms with van der Waals surface area (Å²) in [6, 6.07) is 24.9. The first kappa shape index (κ1) is 22.3. The fraction of sp³-hybridized carbons (Fsp3) is 0.222. The molecule has 3 aromatic rings.